The molecule has 4 heterocycles. The standard InChI is InChI=1S/C26H28N6O5S/c1-35-26-22(32-8-12-38(33,34)13-9-32)3-5-24(31-26)30-25-15-21(28-17-29-25)18-2-4-23(19(14-18)16-27)37-20-6-10-36-11-7-20/h2-5,14-15,17,20H,6-13H2,1H3,(H,28,29,30,31). The van der Waals surface area contributed by atoms with E-state index in [0.717, 1.165) is 24.1 Å². The molecule has 2 aromatic heterocycles. The number of ether oxygens (including phenoxy) is 3. The molecule has 0 spiro atoms. The summed E-state index contributed by atoms with van der Waals surface area (Å²) in [5.41, 5.74) is 2.57. The summed E-state index contributed by atoms with van der Waals surface area (Å²) >= 11 is 0. The Morgan fingerprint density at radius 1 is 1.08 bits per heavy atom. The molecule has 2 fully saturated rings. The molecule has 0 saturated carbocycles. The molecule has 0 radical (unpaired) electrons. The van der Waals surface area contributed by atoms with Crippen LogP contribution in [0.5, 0.6) is 11.6 Å². The zero-order valence-electron chi connectivity index (χ0n) is 21.0. The highest BCUT2D eigenvalue weighted by Gasteiger charge is 2.24. The molecule has 1 aromatic carbocycles. The molecule has 12 heteroatoms. The van der Waals surface area contributed by atoms with E-state index in [1.54, 1.807) is 24.3 Å². The molecular formula is C26H28N6O5S. The third-order valence-electron chi connectivity index (χ3n) is 6.50. The second-order valence-corrected chi connectivity index (χ2v) is 11.3. The third-order valence-corrected chi connectivity index (χ3v) is 8.11. The van der Waals surface area contributed by atoms with Crippen molar-refractivity contribution in [3.8, 4) is 29.0 Å². The summed E-state index contributed by atoms with van der Waals surface area (Å²) in [6.07, 6.45) is 3.08. The average Bonchev–Trinajstić information content (AvgIpc) is 2.94. The van der Waals surface area contributed by atoms with Gasteiger partial charge in [0, 0.05) is 37.6 Å². The Morgan fingerprint density at radius 3 is 2.61 bits per heavy atom. The van der Waals surface area contributed by atoms with Gasteiger partial charge in [0.2, 0.25) is 5.88 Å². The number of nitrogens with zero attached hydrogens (tertiary/aromatic N) is 5. The summed E-state index contributed by atoms with van der Waals surface area (Å²) in [5.74, 6) is 2.19. The van der Waals surface area contributed by atoms with E-state index in [-0.39, 0.29) is 17.6 Å². The van der Waals surface area contributed by atoms with Crippen molar-refractivity contribution in [2.24, 2.45) is 0 Å². The van der Waals surface area contributed by atoms with Crippen LogP contribution in [0.2, 0.25) is 0 Å². The molecule has 198 valence electrons. The van der Waals surface area contributed by atoms with Crippen LogP contribution in [0.1, 0.15) is 18.4 Å². The molecule has 0 bridgehead atoms. The number of methoxy groups -OCH3 is 1. The van der Waals surface area contributed by atoms with Gasteiger partial charge in [-0.25, -0.2) is 18.4 Å². The highest BCUT2D eigenvalue weighted by molar-refractivity contribution is 7.91. The van der Waals surface area contributed by atoms with Crippen molar-refractivity contribution in [1.82, 2.24) is 15.0 Å². The molecule has 3 aromatic rings. The fourth-order valence-corrected chi connectivity index (χ4v) is 5.62. The van der Waals surface area contributed by atoms with Crippen LogP contribution < -0.4 is 19.7 Å². The topological polar surface area (TPSA) is 140 Å². The number of nitrogens with one attached hydrogen (secondary N) is 1. The number of hydrogen-bond donors (Lipinski definition) is 1. The van der Waals surface area contributed by atoms with E-state index in [4.69, 9.17) is 14.2 Å². The van der Waals surface area contributed by atoms with Crippen molar-refractivity contribution in [3.05, 3.63) is 48.3 Å². The van der Waals surface area contributed by atoms with E-state index in [1.165, 1.54) is 13.4 Å². The quantitative estimate of drug-likeness (QED) is 0.477. The van der Waals surface area contributed by atoms with Gasteiger partial charge in [0.15, 0.2) is 9.84 Å². The van der Waals surface area contributed by atoms with E-state index in [2.05, 4.69) is 26.3 Å². The molecule has 0 amide bonds. The first-order valence-corrected chi connectivity index (χ1v) is 14.1. The Kier molecular flexibility index (Phi) is 7.57. The molecule has 2 saturated heterocycles. The van der Waals surface area contributed by atoms with Crippen LogP contribution in [-0.4, -0.2) is 74.4 Å². The van der Waals surface area contributed by atoms with Gasteiger partial charge in [-0.2, -0.15) is 10.2 Å². The minimum Gasteiger partial charge on any atom is -0.489 e. The Morgan fingerprint density at radius 2 is 1.87 bits per heavy atom. The van der Waals surface area contributed by atoms with Crippen LogP contribution in [0.15, 0.2) is 42.7 Å². The number of sulfone groups is 1. The number of hydrogen-bond acceptors (Lipinski definition) is 11. The van der Waals surface area contributed by atoms with Crippen molar-refractivity contribution >= 4 is 27.2 Å². The molecule has 38 heavy (non-hydrogen) atoms. The monoisotopic (exact) mass is 536 g/mol. The zero-order chi connectivity index (χ0) is 26.5. The minimum absolute atomic E-state index is 0.0374. The van der Waals surface area contributed by atoms with E-state index >= 15 is 0 Å². The summed E-state index contributed by atoms with van der Waals surface area (Å²) in [6, 6.07) is 13.1. The number of benzene rings is 1. The van der Waals surface area contributed by atoms with Gasteiger partial charge < -0.3 is 24.4 Å². The van der Waals surface area contributed by atoms with Gasteiger partial charge in [-0.1, -0.05) is 0 Å². The van der Waals surface area contributed by atoms with Gasteiger partial charge >= 0.3 is 0 Å². The first-order valence-electron chi connectivity index (χ1n) is 12.3. The van der Waals surface area contributed by atoms with Crippen molar-refractivity contribution in [2.75, 3.05) is 55.1 Å². The Balaban J connectivity index is 1.32. The van der Waals surface area contributed by atoms with Crippen molar-refractivity contribution in [3.63, 3.8) is 0 Å². The van der Waals surface area contributed by atoms with E-state index < -0.39 is 9.84 Å². The summed E-state index contributed by atoms with van der Waals surface area (Å²) in [7, 11) is -1.46. The molecule has 0 atom stereocenters. The van der Waals surface area contributed by atoms with E-state index in [1.807, 2.05) is 17.0 Å². The van der Waals surface area contributed by atoms with Crippen molar-refractivity contribution in [2.45, 2.75) is 18.9 Å². The van der Waals surface area contributed by atoms with E-state index in [9.17, 15) is 13.7 Å². The maximum atomic E-state index is 11.8. The van der Waals surface area contributed by atoms with Crippen LogP contribution in [-0.2, 0) is 14.6 Å². The second-order valence-electron chi connectivity index (χ2n) is 9.03. The zero-order valence-corrected chi connectivity index (χ0v) is 21.8. The highest BCUT2D eigenvalue weighted by atomic mass is 32.2. The highest BCUT2D eigenvalue weighted by Crippen LogP contribution is 2.31. The van der Waals surface area contributed by atoms with Crippen LogP contribution in [0, 0.1) is 11.3 Å². The van der Waals surface area contributed by atoms with Gasteiger partial charge in [-0.05, 0) is 30.3 Å². The minimum atomic E-state index is -2.99. The van der Waals surface area contributed by atoms with Gasteiger partial charge in [0.25, 0.3) is 0 Å². The Bertz CT molecular complexity index is 1440. The lowest BCUT2D eigenvalue weighted by Crippen LogP contribution is -2.40. The predicted octanol–water partition coefficient (Wildman–Crippen LogP) is 2.96. The first-order chi connectivity index (χ1) is 18.4. The first kappa shape index (κ1) is 25.7. The number of pyridine rings is 1. The van der Waals surface area contributed by atoms with Crippen LogP contribution >= 0.6 is 0 Å². The van der Waals surface area contributed by atoms with Crippen molar-refractivity contribution in [1.29, 1.82) is 5.26 Å². The number of aromatic nitrogens is 3. The van der Waals surface area contributed by atoms with E-state index in [0.29, 0.717) is 60.8 Å². The predicted molar refractivity (Wildman–Crippen MR) is 142 cm³/mol. The van der Waals surface area contributed by atoms with Gasteiger partial charge in [-0.15, -0.1) is 0 Å². The van der Waals surface area contributed by atoms with Crippen LogP contribution in [0.4, 0.5) is 17.3 Å². The van der Waals surface area contributed by atoms with Gasteiger partial charge in [0.1, 0.15) is 41.6 Å². The second kappa shape index (κ2) is 11.2. The lowest BCUT2D eigenvalue weighted by molar-refractivity contribution is 0.0254. The maximum Gasteiger partial charge on any atom is 0.239 e. The summed E-state index contributed by atoms with van der Waals surface area (Å²) in [4.78, 5) is 15.2. The molecular weight excluding hydrogens is 508 g/mol. The number of anilines is 3. The molecule has 0 aliphatic carbocycles. The number of nitriles is 1. The Hall–Kier alpha value is -3.95. The SMILES string of the molecule is COc1nc(Nc2cc(-c3ccc(OC4CCOCC4)c(C#N)c3)ncn2)ccc1N1CCS(=O)(=O)CC1. The molecule has 0 unspecified atom stereocenters. The summed E-state index contributed by atoms with van der Waals surface area (Å²) in [5, 5.41) is 12.9. The Labute approximate surface area is 221 Å². The molecule has 2 aliphatic heterocycles. The third kappa shape index (κ3) is 5.95. The van der Waals surface area contributed by atoms with Crippen molar-refractivity contribution < 1.29 is 22.6 Å². The molecule has 1 N–H and O–H groups in total. The summed E-state index contributed by atoms with van der Waals surface area (Å²) in [6.45, 7) is 2.11. The normalized spacial score (nSPS) is 17.4. The fraction of sp³-hybridized carbons (Fsp3) is 0.385. The number of rotatable bonds is 7. The smallest absolute Gasteiger partial charge is 0.239 e. The maximum absolute atomic E-state index is 11.8. The van der Waals surface area contributed by atoms with Gasteiger partial charge in [0.05, 0.1) is 43.1 Å². The summed E-state index contributed by atoms with van der Waals surface area (Å²) < 4.78 is 40.5. The lowest BCUT2D eigenvalue weighted by atomic mass is 10.1. The molecule has 2 aliphatic rings. The van der Waals surface area contributed by atoms with Crippen LogP contribution in [0.3, 0.4) is 0 Å². The largest absolute Gasteiger partial charge is 0.489 e. The fourth-order valence-electron chi connectivity index (χ4n) is 4.41. The van der Waals surface area contributed by atoms with Gasteiger partial charge in [-0.3, -0.25) is 0 Å². The lowest BCUT2D eigenvalue weighted by Gasteiger charge is -2.29. The molecule has 5 rings (SSSR count). The molecule has 11 nitrogen and oxygen atoms in total. The average molecular weight is 537 g/mol. The van der Waals surface area contributed by atoms with Crippen LogP contribution in [0.25, 0.3) is 11.3 Å².